The minimum atomic E-state index is -3.40. The molecule has 2 rings (SSSR count). The Morgan fingerprint density at radius 3 is 2.29 bits per heavy atom. The molecule has 2 aromatic rings. The fraction of sp³-hybridized carbons (Fsp3) is 0.500. The predicted molar refractivity (Wildman–Crippen MR) is 114 cm³/mol. The summed E-state index contributed by atoms with van der Waals surface area (Å²) < 4.78 is 33.1. The van der Waals surface area contributed by atoms with Gasteiger partial charge >= 0.3 is 0 Å². The first kappa shape index (κ1) is 22.7. The van der Waals surface area contributed by atoms with Crippen molar-refractivity contribution in [1.29, 1.82) is 0 Å². The van der Waals surface area contributed by atoms with E-state index in [4.69, 9.17) is 8.61 Å². The highest BCUT2D eigenvalue weighted by molar-refractivity contribution is 7.85. The summed E-state index contributed by atoms with van der Waals surface area (Å²) in [6, 6.07) is 9.62. The van der Waals surface area contributed by atoms with Crippen molar-refractivity contribution < 1.29 is 17.0 Å². The average molecular weight is 423 g/mol. The maximum Gasteiger partial charge on any atom is 0.264 e. The Balaban J connectivity index is 2.03. The zero-order valence-electron chi connectivity index (χ0n) is 17.5. The van der Waals surface area contributed by atoms with Gasteiger partial charge in [0.15, 0.2) is 14.1 Å². The van der Waals surface area contributed by atoms with Crippen molar-refractivity contribution >= 4 is 18.4 Å². The summed E-state index contributed by atoms with van der Waals surface area (Å²) in [5, 5.41) is 0.152. The molecule has 0 N–H and O–H groups in total. The van der Waals surface area contributed by atoms with Gasteiger partial charge in [-0.25, -0.2) is 9.97 Å². The second kappa shape index (κ2) is 8.81. The van der Waals surface area contributed by atoms with Gasteiger partial charge in [0, 0.05) is 11.8 Å². The molecule has 28 heavy (non-hydrogen) atoms. The highest BCUT2D eigenvalue weighted by Gasteiger charge is 2.37. The standard InChI is InChI=1S/C20H30N2O4SSi/c1-20(2,3)28(5,6)26-15-18-11-13-21-19(22-18)17-9-7-16(8-10-17)12-14-25-27(4,23)24/h7-11,13H,12,14-15H2,1-6H3. The fourth-order valence-corrected chi connectivity index (χ4v) is 3.55. The van der Waals surface area contributed by atoms with Crippen molar-refractivity contribution in [2.24, 2.45) is 0 Å². The van der Waals surface area contributed by atoms with Crippen LogP contribution < -0.4 is 0 Å². The van der Waals surface area contributed by atoms with E-state index >= 15 is 0 Å². The van der Waals surface area contributed by atoms with E-state index in [1.54, 1.807) is 6.20 Å². The number of nitrogens with zero attached hydrogens (tertiary/aromatic N) is 2. The van der Waals surface area contributed by atoms with Crippen molar-refractivity contribution in [2.75, 3.05) is 12.9 Å². The normalized spacial score (nSPS) is 12.9. The molecule has 0 amide bonds. The van der Waals surface area contributed by atoms with Crippen molar-refractivity contribution in [2.45, 2.75) is 51.9 Å². The lowest BCUT2D eigenvalue weighted by Crippen LogP contribution is -2.40. The van der Waals surface area contributed by atoms with Crippen LogP contribution in [-0.2, 0) is 31.8 Å². The van der Waals surface area contributed by atoms with E-state index < -0.39 is 18.4 Å². The van der Waals surface area contributed by atoms with E-state index in [1.165, 1.54) is 0 Å². The van der Waals surface area contributed by atoms with Crippen LogP contribution in [0.2, 0.25) is 18.1 Å². The lowest BCUT2D eigenvalue weighted by molar-refractivity contribution is 0.272. The van der Waals surface area contributed by atoms with Gasteiger partial charge in [-0.05, 0) is 36.2 Å². The SMILES string of the molecule is CC(C)(C)[Si](C)(C)OCc1ccnc(-c2ccc(CCOS(C)(=O)=O)cc2)n1. The van der Waals surface area contributed by atoms with Crippen LogP contribution in [0.25, 0.3) is 11.4 Å². The van der Waals surface area contributed by atoms with Crippen LogP contribution in [0.15, 0.2) is 36.5 Å². The molecule has 1 aromatic carbocycles. The van der Waals surface area contributed by atoms with Crippen molar-refractivity contribution in [3.8, 4) is 11.4 Å². The topological polar surface area (TPSA) is 78.4 Å². The molecular formula is C20H30N2O4SSi. The lowest BCUT2D eigenvalue weighted by Gasteiger charge is -2.36. The van der Waals surface area contributed by atoms with Crippen LogP contribution in [0.5, 0.6) is 0 Å². The molecule has 0 aliphatic carbocycles. The second-order valence-corrected chi connectivity index (χ2v) is 14.8. The Morgan fingerprint density at radius 1 is 1.07 bits per heavy atom. The maximum absolute atomic E-state index is 11.0. The molecular weight excluding hydrogens is 392 g/mol. The lowest BCUT2D eigenvalue weighted by atomic mass is 10.1. The number of aromatic nitrogens is 2. The molecule has 0 bridgehead atoms. The molecule has 6 nitrogen and oxygen atoms in total. The Kier molecular flexibility index (Phi) is 7.14. The highest BCUT2D eigenvalue weighted by Crippen LogP contribution is 2.37. The summed E-state index contributed by atoms with van der Waals surface area (Å²) in [4.78, 5) is 9.00. The van der Waals surface area contributed by atoms with Gasteiger partial charge in [-0.1, -0.05) is 45.0 Å². The number of hydrogen-bond donors (Lipinski definition) is 0. The van der Waals surface area contributed by atoms with Crippen molar-refractivity contribution in [3.63, 3.8) is 0 Å². The van der Waals surface area contributed by atoms with Crippen LogP contribution in [0.3, 0.4) is 0 Å². The Bertz CT molecular complexity index is 891. The monoisotopic (exact) mass is 422 g/mol. The minimum Gasteiger partial charge on any atom is -0.411 e. The molecule has 0 aliphatic rings. The Labute approximate surface area is 169 Å². The zero-order valence-corrected chi connectivity index (χ0v) is 19.3. The first-order chi connectivity index (χ1) is 12.9. The first-order valence-corrected chi connectivity index (χ1v) is 14.0. The van der Waals surface area contributed by atoms with Gasteiger partial charge in [0.2, 0.25) is 0 Å². The zero-order chi connectivity index (χ0) is 21.0. The summed E-state index contributed by atoms with van der Waals surface area (Å²) >= 11 is 0. The molecule has 154 valence electrons. The first-order valence-electron chi connectivity index (χ1n) is 9.27. The molecule has 0 spiro atoms. The smallest absolute Gasteiger partial charge is 0.264 e. The van der Waals surface area contributed by atoms with Crippen molar-refractivity contribution in [1.82, 2.24) is 9.97 Å². The van der Waals surface area contributed by atoms with E-state index in [0.717, 1.165) is 23.1 Å². The summed E-state index contributed by atoms with van der Waals surface area (Å²) in [5.74, 6) is 0.648. The number of benzene rings is 1. The molecule has 0 aliphatic heterocycles. The van der Waals surface area contributed by atoms with Crippen LogP contribution >= 0.6 is 0 Å². The van der Waals surface area contributed by atoms with Gasteiger partial charge in [0.1, 0.15) is 0 Å². The van der Waals surface area contributed by atoms with E-state index in [-0.39, 0.29) is 11.6 Å². The minimum absolute atomic E-state index is 0.134. The molecule has 0 saturated carbocycles. The maximum atomic E-state index is 11.0. The summed E-state index contributed by atoms with van der Waals surface area (Å²) in [5.41, 5.74) is 2.76. The predicted octanol–water partition coefficient (Wildman–Crippen LogP) is 4.18. The Hall–Kier alpha value is -1.61. The molecule has 0 saturated heterocycles. The highest BCUT2D eigenvalue weighted by atomic mass is 32.2. The summed E-state index contributed by atoms with van der Waals surface area (Å²) in [7, 11) is -5.24. The third-order valence-corrected chi connectivity index (χ3v) is 10.1. The third kappa shape index (κ3) is 6.77. The van der Waals surface area contributed by atoms with E-state index in [0.29, 0.717) is 18.9 Å². The van der Waals surface area contributed by atoms with Gasteiger partial charge < -0.3 is 4.43 Å². The Morgan fingerprint density at radius 2 is 1.71 bits per heavy atom. The van der Waals surface area contributed by atoms with Gasteiger partial charge in [0.25, 0.3) is 10.1 Å². The van der Waals surface area contributed by atoms with Gasteiger partial charge in [-0.2, -0.15) is 8.42 Å². The quantitative estimate of drug-likeness (QED) is 0.469. The largest absolute Gasteiger partial charge is 0.411 e. The molecule has 0 atom stereocenters. The third-order valence-electron chi connectivity index (χ3n) is 5.00. The van der Waals surface area contributed by atoms with E-state index in [1.807, 2.05) is 30.3 Å². The van der Waals surface area contributed by atoms with Crippen molar-refractivity contribution in [3.05, 3.63) is 47.8 Å². The molecule has 0 fully saturated rings. The van der Waals surface area contributed by atoms with Gasteiger partial charge in [0.05, 0.1) is 25.2 Å². The molecule has 8 heteroatoms. The number of hydrogen-bond acceptors (Lipinski definition) is 6. The molecule has 1 aromatic heterocycles. The fourth-order valence-electron chi connectivity index (χ4n) is 2.22. The van der Waals surface area contributed by atoms with E-state index in [2.05, 4.69) is 43.8 Å². The van der Waals surface area contributed by atoms with Gasteiger partial charge in [-0.3, -0.25) is 4.18 Å². The summed E-state index contributed by atoms with van der Waals surface area (Å²) in [6.07, 6.45) is 3.32. The van der Waals surface area contributed by atoms with Gasteiger partial charge in [-0.15, -0.1) is 0 Å². The summed E-state index contributed by atoms with van der Waals surface area (Å²) in [6.45, 7) is 11.7. The van der Waals surface area contributed by atoms with Crippen LogP contribution in [0.4, 0.5) is 0 Å². The van der Waals surface area contributed by atoms with Crippen LogP contribution in [0.1, 0.15) is 32.0 Å². The molecule has 1 heterocycles. The molecule has 0 radical (unpaired) electrons. The molecule has 0 unspecified atom stereocenters. The second-order valence-electron chi connectivity index (χ2n) is 8.39. The van der Waals surface area contributed by atoms with Crippen LogP contribution in [-0.4, -0.2) is 39.6 Å². The van der Waals surface area contributed by atoms with E-state index in [9.17, 15) is 8.42 Å². The number of rotatable bonds is 8. The van der Waals surface area contributed by atoms with Crippen LogP contribution in [0, 0.1) is 0 Å². The average Bonchev–Trinajstić information content (AvgIpc) is 2.59.